The molecule has 1 aromatic carbocycles. The van der Waals surface area contributed by atoms with E-state index < -0.39 is 0 Å². The van der Waals surface area contributed by atoms with Gasteiger partial charge in [0.05, 0.1) is 0 Å². The number of anilines is 1. The van der Waals surface area contributed by atoms with E-state index in [1.807, 2.05) is 18.2 Å². The minimum atomic E-state index is -0.134. The number of amides is 1. The molecule has 2 aromatic rings. The molecule has 0 aliphatic carbocycles. The molecule has 0 bridgehead atoms. The van der Waals surface area contributed by atoms with Crippen molar-refractivity contribution in [3.8, 4) is 0 Å². The van der Waals surface area contributed by atoms with Crippen LogP contribution in [0.3, 0.4) is 0 Å². The van der Waals surface area contributed by atoms with E-state index in [9.17, 15) is 4.79 Å². The monoisotopic (exact) mass is 256 g/mol. The predicted molar refractivity (Wildman–Crippen MR) is 73.1 cm³/mol. The molecule has 5 nitrogen and oxygen atoms in total. The van der Waals surface area contributed by atoms with Crippen LogP contribution in [0.5, 0.6) is 0 Å². The van der Waals surface area contributed by atoms with Gasteiger partial charge in [-0.3, -0.25) is 4.79 Å². The van der Waals surface area contributed by atoms with Crippen molar-refractivity contribution < 1.29 is 4.79 Å². The van der Waals surface area contributed by atoms with Gasteiger partial charge in [-0.2, -0.15) is 0 Å². The molecule has 2 heterocycles. The summed E-state index contributed by atoms with van der Waals surface area (Å²) in [6.45, 7) is 1.81. The Morgan fingerprint density at radius 3 is 2.95 bits per heavy atom. The van der Waals surface area contributed by atoms with Gasteiger partial charge in [-0.05, 0) is 18.6 Å². The lowest BCUT2D eigenvalue weighted by atomic mass is 10.2. The summed E-state index contributed by atoms with van der Waals surface area (Å²) in [6, 6.07) is 10.4. The van der Waals surface area contributed by atoms with E-state index in [1.54, 1.807) is 12.4 Å². The van der Waals surface area contributed by atoms with Crippen LogP contribution in [0.4, 0.5) is 5.69 Å². The number of para-hydroxylation sites is 1. The molecule has 1 saturated heterocycles. The molecule has 0 saturated carbocycles. The molecule has 0 spiro atoms. The number of nitrogens with one attached hydrogen (secondary N) is 2. The van der Waals surface area contributed by atoms with Crippen LogP contribution in [0.1, 0.15) is 17.0 Å². The molecule has 3 rings (SSSR count). The van der Waals surface area contributed by atoms with Crippen LogP contribution in [0.25, 0.3) is 0 Å². The van der Waals surface area contributed by atoms with E-state index in [-0.39, 0.29) is 11.9 Å². The average molecular weight is 256 g/mol. The van der Waals surface area contributed by atoms with Gasteiger partial charge in [0.15, 0.2) is 5.82 Å². The maximum absolute atomic E-state index is 11.9. The summed E-state index contributed by atoms with van der Waals surface area (Å²) in [7, 11) is 0. The van der Waals surface area contributed by atoms with Crippen molar-refractivity contribution in [2.45, 2.75) is 12.5 Å². The van der Waals surface area contributed by atoms with Crippen molar-refractivity contribution in [1.82, 2.24) is 15.3 Å². The first-order valence-corrected chi connectivity index (χ1v) is 6.43. The lowest BCUT2D eigenvalue weighted by molar-refractivity contribution is 0.0931. The van der Waals surface area contributed by atoms with Crippen LogP contribution in [0.15, 0.2) is 42.7 Å². The lowest BCUT2D eigenvalue weighted by Crippen LogP contribution is -2.37. The van der Waals surface area contributed by atoms with Gasteiger partial charge in [0.25, 0.3) is 5.91 Å². The third kappa shape index (κ3) is 2.59. The number of imidazole rings is 1. The molecule has 1 aromatic heterocycles. The summed E-state index contributed by atoms with van der Waals surface area (Å²) in [5.41, 5.74) is 1.21. The minimum absolute atomic E-state index is 0.134. The lowest BCUT2D eigenvalue weighted by Gasteiger charge is -2.18. The first-order chi connectivity index (χ1) is 9.33. The Morgan fingerprint density at radius 2 is 2.21 bits per heavy atom. The summed E-state index contributed by atoms with van der Waals surface area (Å²) < 4.78 is 0. The van der Waals surface area contributed by atoms with Gasteiger partial charge in [-0.25, -0.2) is 4.98 Å². The van der Waals surface area contributed by atoms with Crippen molar-refractivity contribution in [1.29, 1.82) is 0 Å². The number of benzene rings is 1. The van der Waals surface area contributed by atoms with E-state index in [4.69, 9.17) is 0 Å². The number of rotatable bonds is 3. The second-order valence-electron chi connectivity index (χ2n) is 4.68. The molecule has 5 heteroatoms. The molecule has 1 unspecified atom stereocenters. The van der Waals surface area contributed by atoms with E-state index >= 15 is 0 Å². The van der Waals surface area contributed by atoms with Crippen LogP contribution >= 0.6 is 0 Å². The number of H-pyrrole nitrogens is 1. The zero-order chi connectivity index (χ0) is 13.1. The number of hydrogen-bond acceptors (Lipinski definition) is 3. The second-order valence-corrected chi connectivity index (χ2v) is 4.68. The second kappa shape index (κ2) is 5.14. The molecule has 19 heavy (non-hydrogen) atoms. The molecule has 1 atom stereocenters. The fourth-order valence-electron chi connectivity index (χ4n) is 2.39. The predicted octanol–water partition coefficient (Wildman–Crippen LogP) is 1.42. The summed E-state index contributed by atoms with van der Waals surface area (Å²) in [5.74, 6) is 0.239. The Hall–Kier alpha value is -2.30. The van der Waals surface area contributed by atoms with Gasteiger partial charge in [-0.1, -0.05) is 18.2 Å². The average Bonchev–Trinajstić information content (AvgIpc) is 3.11. The van der Waals surface area contributed by atoms with Crippen molar-refractivity contribution >= 4 is 11.6 Å². The molecule has 0 radical (unpaired) electrons. The molecule has 2 N–H and O–H groups in total. The maximum atomic E-state index is 11.9. The van der Waals surface area contributed by atoms with E-state index in [1.165, 1.54) is 5.69 Å². The molecule has 1 aliphatic rings. The third-order valence-electron chi connectivity index (χ3n) is 3.36. The fourth-order valence-corrected chi connectivity index (χ4v) is 2.39. The minimum Gasteiger partial charge on any atom is -0.369 e. The number of carbonyl (C=O) groups is 1. The van der Waals surface area contributed by atoms with Crippen LogP contribution in [0.2, 0.25) is 0 Å². The Morgan fingerprint density at radius 1 is 1.37 bits per heavy atom. The summed E-state index contributed by atoms with van der Waals surface area (Å²) in [5, 5.41) is 3.01. The SMILES string of the molecule is O=C(NC1CCN(c2ccccc2)C1)c1ncc[nH]1. The van der Waals surface area contributed by atoms with Gasteiger partial charge in [0.1, 0.15) is 0 Å². The topological polar surface area (TPSA) is 61.0 Å². The largest absolute Gasteiger partial charge is 0.369 e. The van der Waals surface area contributed by atoms with Crippen LogP contribution in [-0.4, -0.2) is 35.0 Å². The van der Waals surface area contributed by atoms with Gasteiger partial charge in [0.2, 0.25) is 0 Å². The van der Waals surface area contributed by atoms with Crippen LogP contribution < -0.4 is 10.2 Å². The first kappa shape index (κ1) is 11.8. The summed E-state index contributed by atoms with van der Waals surface area (Å²) in [4.78, 5) is 20.9. The van der Waals surface area contributed by atoms with Crippen molar-refractivity contribution in [2.24, 2.45) is 0 Å². The van der Waals surface area contributed by atoms with E-state index in [0.717, 1.165) is 19.5 Å². The first-order valence-electron chi connectivity index (χ1n) is 6.43. The van der Waals surface area contributed by atoms with Crippen molar-refractivity contribution in [3.63, 3.8) is 0 Å². The summed E-state index contributed by atoms with van der Waals surface area (Å²) in [6.07, 6.45) is 4.20. The number of carbonyl (C=O) groups excluding carboxylic acids is 1. The number of nitrogens with zero attached hydrogens (tertiary/aromatic N) is 2. The Labute approximate surface area is 111 Å². The van der Waals surface area contributed by atoms with Crippen molar-refractivity contribution in [2.75, 3.05) is 18.0 Å². The number of aromatic amines is 1. The Balaban J connectivity index is 1.59. The van der Waals surface area contributed by atoms with Crippen LogP contribution in [0, 0.1) is 0 Å². The molecule has 98 valence electrons. The smallest absolute Gasteiger partial charge is 0.287 e. The number of hydrogen-bond donors (Lipinski definition) is 2. The molecular formula is C14H16N4O. The highest BCUT2D eigenvalue weighted by molar-refractivity contribution is 5.90. The van der Waals surface area contributed by atoms with Crippen LogP contribution in [-0.2, 0) is 0 Å². The molecular weight excluding hydrogens is 240 g/mol. The van der Waals surface area contributed by atoms with Gasteiger partial charge in [0, 0.05) is 37.2 Å². The zero-order valence-corrected chi connectivity index (χ0v) is 10.5. The Kier molecular flexibility index (Phi) is 3.18. The maximum Gasteiger partial charge on any atom is 0.287 e. The highest BCUT2D eigenvalue weighted by Gasteiger charge is 2.24. The van der Waals surface area contributed by atoms with Gasteiger partial charge in [-0.15, -0.1) is 0 Å². The molecule has 1 fully saturated rings. The summed E-state index contributed by atoms with van der Waals surface area (Å²) >= 11 is 0. The van der Waals surface area contributed by atoms with E-state index in [0.29, 0.717) is 5.82 Å². The zero-order valence-electron chi connectivity index (χ0n) is 10.5. The standard InChI is InChI=1S/C14H16N4O/c19-14(13-15-7-8-16-13)17-11-6-9-18(10-11)12-4-2-1-3-5-12/h1-5,7-8,11H,6,9-10H2,(H,15,16)(H,17,19). The quantitative estimate of drug-likeness (QED) is 0.873. The fraction of sp³-hybridized carbons (Fsp3) is 0.286. The van der Waals surface area contributed by atoms with E-state index in [2.05, 4.69) is 32.3 Å². The molecule has 1 amide bonds. The van der Waals surface area contributed by atoms with Crippen molar-refractivity contribution in [3.05, 3.63) is 48.5 Å². The molecule has 1 aliphatic heterocycles. The number of aromatic nitrogens is 2. The normalized spacial score (nSPS) is 18.5. The van der Waals surface area contributed by atoms with Gasteiger partial charge >= 0.3 is 0 Å². The van der Waals surface area contributed by atoms with Gasteiger partial charge < -0.3 is 15.2 Å². The highest BCUT2D eigenvalue weighted by Crippen LogP contribution is 2.19. The highest BCUT2D eigenvalue weighted by atomic mass is 16.2. The third-order valence-corrected chi connectivity index (χ3v) is 3.36. The Bertz CT molecular complexity index is 538.